The van der Waals surface area contributed by atoms with E-state index in [1.54, 1.807) is 0 Å². The molecule has 0 aliphatic carbocycles. The van der Waals surface area contributed by atoms with Crippen LogP contribution in [0, 0.1) is 12.8 Å². The number of ether oxygens (including phenoxy) is 1. The van der Waals surface area contributed by atoms with Gasteiger partial charge in [-0.3, -0.25) is 0 Å². The van der Waals surface area contributed by atoms with E-state index in [9.17, 15) is 0 Å². The van der Waals surface area contributed by atoms with Gasteiger partial charge in [-0.25, -0.2) is 0 Å². The number of hydrogen-bond donors (Lipinski definition) is 1. The lowest BCUT2D eigenvalue weighted by Crippen LogP contribution is -2.42. The molecule has 0 radical (unpaired) electrons. The van der Waals surface area contributed by atoms with Gasteiger partial charge in [0.2, 0.25) is 0 Å². The fourth-order valence-electron chi connectivity index (χ4n) is 4.31. The summed E-state index contributed by atoms with van der Waals surface area (Å²) in [6, 6.07) is 20.3. The Balaban J connectivity index is 1.73. The van der Waals surface area contributed by atoms with Crippen LogP contribution in [0.1, 0.15) is 62.8 Å². The van der Waals surface area contributed by atoms with Crippen molar-refractivity contribution in [2.75, 3.05) is 13.2 Å². The summed E-state index contributed by atoms with van der Waals surface area (Å²) >= 11 is 0. The second kappa shape index (κ2) is 9.03. The van der Waals surface area contributed by atoms with Gasteiger partial charge in [-0.2, -0.15) is 0 Å². The van der Waals surface area contributed by atoms with Crippen LogP contribution < -0.4 is 5.32 Å². The van der Waals surface area contributed by atoms with Crippen LogP contribution in [0.3, 0.4) is 0 Å². The molecule has 1 aliphatic rings. The van der Waals surface area contributed by atoms with E-state index >= 15 is 0 Å². The molecule has 1 fully saturated rings. The first-order chi connectivity index (χ1) is 13.0. The van der Waals surface area contributed by atoms with Gasteiger partial charge in [-0.1, -0.05) is 74.0 Å². The third-order valence-corrected chi connectivity index (χ3v) is 6.27. The van der Waals surface area contributed by atoms with Crippen molar-refractivity contribution >= 4 is 0 Å². The molecule has 146 valence electrons. The van der Waals surface area contributed by atoms with E-state index in [1.807, 2.05) is 0 Å². The summed E-state index contributed by atoms with van der Waals surface area (Å²) in [5.74, 6) is 0.561. The second-order valence-corrected chi connectivity index (χ2v) is 8.59. The van der Waals surface area contributed by atoms with Crippen molar-refractivity contribution in [1.82, 2.24) is 5.32 Å². The van der Waals surface area contributed by atoms with Crippen LogP contribution in [0.25, 0.3) is 0 Å². The monoisotopic (exact) mass is 365 g/mol. The summed E-state index contributed by atoms with van der Waals surface area (Å²) in [4.78, 5) is 0. The predicted octanol–water partition coefficient (Wildman–Crippen LogP) is 5.81. The van der Waals surface area contributed by atoms with Crippen molar-refractivity contribution in [3.05, 3.63) is 71.3 Å². The van der Waals surface area contributed by atoms with Gasteiger partial charge >= 0.3 is 0 Å². The topological polar surface area (TPSA) is 21.3 Å². The fourth-order valence-corrected chi connectivity index (χ4v) is 4.31. The number of nitrogens with one attached hydrogen (secondary N) is 1. The molecule has 0 aromatic heterocycles. The highest BCUT2D eigenvalue weighted by molar-refractivity contribution is 5.30. The van der Waals surface area contributed by atoms with E-state index < -0.39 is 0 Å². The molecule has 1 N–H and O–H groups in total. The van der Waals surface area contributed by atoms with E-state index in [4.69, 9.17) is 4.74 Å². The molecule has 0 spiro atoms. The summed E-state index contributed by atoms with van der Waals surface area (Å²) in [6.45, 7) is 10.9. The maximum absolute atomic E-state index is 6.12. The predicted molar refractivity (Wildman–Crippen MR) is 114 cm³/mol. The maximum Gasteiger partial charge on any atom is 0.0606 e. The van der Waals surface area contributed by atoms with Gasteiger partial charge in [0, 0.05) is 18.1 Å². The van der Waals surface area contributed by atoms with Crippen LogP contribution in [0.4, 0.5) is 0 Å². The highest BCUT2D eigenvalue weighted by Gasteiger charge is 2.39. The molecule has 2 aromatic carbocycles. The first-order valence-corrected chi connectivity index (χ1v) is 10.5. The lowest BCUT2D eigenvalue weighted by molar-refractivity contribution is -0.0470. The third-order valence-electron chi connectivity index (χ3n) is 6.27. The summed E-state index contributed by atoms with van der Waals surface area (Å²) < 4.78 is 6.12. The van der Waals surface area contributed by atoms with Crippen molar-refractivity contribution in [3.63, 3.8) is 0 Å². The van der Waals surface area contributed by atoms with Gasteiger partial charge in [0.25, 0.3) is 0 Å². The van der Waals surface area contributed by atoms with E-state index in [1.165, 1.54) is 16.7 Å². The van der Waals surface area contributed by atoms with Crippen LogP contribution in [0.2, 0.25) is 0 Å². The summed E-state index contributed by atoms with van der Waals surface area (Å²) in [7, 11) is 0. The van der Waals surface area contributed by atoms with Crippen LogP contribution in [0.5, 0.6) is 0 Å². The zero-order valence-corrected chi connectivity index (χ0v) is 17.4. The minimum atomic E-state index is 0.213. The largest absolute Gasteiger partial charge is 0.378 e. The zero-order chi connectivity index (χ0) is 19.3. The van der Waals surface area contributed by atoms with Gasteiger partial charge in [-0.15, -0.1) is 0 Å². The number of aryl methyl sites for hydroxylation is 1. The first-order valence-electron chi connectivity index (χ1n) is 10.5. The molecule has 3 atom stereocenters. The Morgan fingerprint density at radius 2 is 1.74 bits per heavy atom. The van der Waals surface area contributed by atoms with Gasteiger partial charge in [0.1, 0.15) is 0 Å². The van der Waals surface area contributed by atoms with Crippen molar-refractivity contribution in [2.24, 2.45) is 5.92 Å². The van der Waals surface area contributed by atoms with E-state index in [0.717, 1.165) is 32.4 Å². The lowest BCUT2D eigenvalue weighted by Gasteiger charge is -2.43. The SMILES string of the molecule is Cc1ccc([C@@]2(CCN[C@@H](C)c3ccccc3)CCO[C@H](C(C)C)C2)cc1. The number of hydrogen-bond acceptors (Lipinski definition) is 2. The molecule has 0 saturated carbocycles. The second-order valence-electron chi connectivity index (χ2n) is 8.59. The summed E-state index contributed by atoms with van der Waals surface area (Å²) in [5, 5.41) is 3.76. The van der Waals surface area contributed by atoms with Gasteiger partial charge in [-0.05, 0) is 56.7 Å². The van der Waals surface area contributed by atoms with Crippen LogP contribution in [-0.2, 0) is 10.2 Å². The highest BCUT2D eigenvalue weighted by atomic mass is 16.5. The number of benzene rings is 2. The molecule has 27 heavy (non-hydrogen) atoms. The van der Waals surface area contributed by atoms with Crippen LogP contribution in [0.15, 0.2) is 54.6 Å². The van der Waals surface area contributed by atoms with Crippen LogP contribution in [-0.4, -0.2) is 19.3 Å². The lowest BCUT2D eigenvalue weighted by atomic mass is 9.68. The molecular formula is C25H35NO. The average Bonchev–Trinajstić information content (AvgIpc) is 2.69. The zero-order valence-electron chi connectivity index (χ0n) is 17.4. The minimum absolute atomic E-state index is 0.213. The Bertz CT molecular complexity index is 694. The standard InChI is InChI=1S/C25H35NO/c1-19(2)24-18-25(15-17-27-24,23-12-10-20(3)11-13-23)14-16-26-21(4)22-8-6-5-7-9-22/h5-13,19,21,24,26H,14-18H2,1-4H3/t21-,24-,25-/m0/s1. The Kier molecular flexibility index (Phi) is 6.73. The van der Waals surface area contributed by atoms with E-state index in [-0.39, 0.29) is 5.41 Å². The smallest absolute Gasteiger partial charge is 0.0606 e. The summed E-state index contributed by atoms with van der Waals surface area (Å²) in [6.07, 6.45) is 3.74. The van der Waals surface area contributed by atoms with Gasteiger partial charge in [0.15, 0.2) is 0 Å². The van der Waals surface area contributed by atoms with Crippen molar-refractivity contribution < 1.29 is 4.74 Å². The molecule has 2 nitrogen and oxygen atoms in total. The average molecular weight is 366 g/mol. The molecule has 3 rings (SSSR count). The Morgan fingerprint density at radius 1 is 1.04 bits per heavy atom. The Morgan fingerprint density at radius 3 is 2.41 bits per heavy atom. The van der Waals surface area contributed by atoms with Gasteiger partial charge in [0.05, 0.1) is 6.10 Å². The van der Waals surface area contributed by atoms with Crippen molar-refractivity contribution in [1.29, 1.82) is 0 Å². The van der Waals surface area contributed by atoms with Crippen molar-refractivity contribution in [3.8, 4) is 0 Å². The Labute approximate surface area is 165 Å². The minimum Gasteiger partial charge on any atom is -0.378 e. The highest BCUT2D eigenvalue weighted by Crippen LogP contribution is 2.41. The Hall–Kier alpha value is -1.64. The number of rotatable bonds is 7. The van der Waals surface area contributed by atoms with E-state index in [2.05, 4.69) is 87.6 Å². The third kappa shape index (κ3) is 5.00. The van der Waals surface area contributed by atoms with E-state index in [0.29, 0.717) is 18.1 Å². The van der Waals surface area contributed by atoms with Crippen LogP contribution >= 0.6 is 0 Å². The first kappa shape index (κ1) is 20.1. The molecule has 0 bridgehead atoms. The molecular weight excluding hydrogens is 330 g/mol. The fraction of sp³-hybridized carbons (Fsp3) is 0.520. The normalized spacial score (nSPS) is 24.1. The molecule has 0 amide bonds. The molecule has 1 saturated heterocycles. The molecule has 2 heteroatoms. The quantitative estimate of drug-likeness (QED) is 0.668. The van der Waals surface area contributed by atoms with Gasteiger partial charge < -0.3 is 10.1 Å². The maximum atomic E-state index is 6.12. The van der Waals surface area contributed by atoms with Crippen molar-refractivity contribution in [2.45, 2.75) is 64.5 Å². The molecule has 2 aromatic rings. The molecule has 1 heterocycles. The molecule has 0 unspecified atom stereocenters. The molecule has 1 aliphatic heterocycles. The summed E-state index contributed by atoms with van der Waals surface area (Å²) in [5.41, 5.74) is 4.38.